The van der Waals surface area contributed by atoms with Crippen LogP contribution in [-0.4, -0.2) is 51.1 Å². The molecule has 1 N–H and O–H groups in total. The molecule has 34 heavy (non-hydrogen) atoms. The van der Waals surface area contributed by atoms with E-state index < -0.39 is 0 Å². The summed E-state index contributed by atoms with van der Waals surface area (Å²) in [5.74, 6) is 1.35. The molecule has 1 fully saturated rings. The van der Waals surface area contributed by atoms with Crippen LogP contribution in [0.2, 0.25) is 0 Å². The lowest BCUT2D eigenvalue weighted by Crippen LogP contribution is -2.32. The van der Waals surface area contributed by atoms with Gasteiger partial charge in [-0.25, -0.2) is 4.98 Å². The van der Waals surface area contributed by atoms with E-state index in [1.165, 1.54) is 22.7 Å². The standard InChI is InChI=1S/C26H26N4O3S/c1-16(2)33-22-7-6-17(12-18(22)14-27)25-28-24(29-34-25)20-4-3-5-21-19(20)8-9-26(21)13-23(32)30(15-26)10-11-31/h3-7,12,16,31H,8-11,13,15H2,1-2H3/t26-/m1/s1. The number of benzene rings is 2. The van der Waals surface area contributed by atoms with Crippen molar-refractivity contribution in [1.29, 1.82) is 5.26 Å². The van der Waals surface area contributed by atoms with E-state index in [1.54, 1.807) is 11.0 Å². The van der Waals surface area contributed by atoms with E-state index in [9.17, 15) is 15.2 Å². The largest absolute Gasteiger partial charge is 0.490 e. The van der Waals surface area contributed by atoms with Crippen LogP contribution in [0.3, 0.4) is 0 Å². The Kier molecular flexibility index (Phi) is 5.84. The fourth-order valence-corrected chi connectivity index (χ4v) is 5.87. The highest BCUT2D eigenvalue weighted by Crippen LogP contribution is 2.48. The number of β-amino-alcohol motifs (C(OH)–C–C–N with tert-alkyl or cyclic N) is 1. The number of hydrogen-bond acceptors (Lipinski definition) is 7. The predicted octanol–water partition coefficient (Wildman–Crippen LogP) is 3.94. The number of likely N-dealkylation sites (tertiary alicyclic amines) is 1. The third-order valence-corrected chi connectivity index (χ3v) is 7.45. The molecule has 0 radical (unpaired) electrons. The highest BCUT2D eigenvalue weighted by molar-refractivity contribution is 7.09. The van der Waals surface area contributed by atoms with Crippen molar-refractivity contribution in [2.45, 2.75) is 44.6 Å². The summed E-state index contributed by atoms with van der Waals surface area (Å²) in [4.78, 5) is 19.1. The summed E-state index contributed by atoms with van der Waals surface area (Å²) in [7, 11) is 0. The molecule has 1 atom stereocenters. The highest BCUT2D eigenvalue weighted by Gasteiger charge is 2.48. The average molecular weight is 475 g/mol. The summed E-state index contributed by atoms with van der Waals surface area (Å²) in [6.07, 6.45) is 2.26. The summed E-state index contributed by atoms with van der Waals surface area (Å²) < 4.78 is 10.4. The second kappa shape index (κ2) is 8.82. The van der Waals surface area contributed by atoms with Crippen molar-refractivity contribution in [1.82, 2.24) is 14.3 Å². The number of nitriles is 1. The number of fused-ring (bicyclic) bond motifs is 2. The number of amides is 1. The molecule has 0 saturated carbocycles. The Hall–Kier alpha value is -3.28. The average Bonchev–Trinajstić information content (AvgIpc) is 3.52. The Bertz CT molecular complexity index is 1300. The first-order valence-corrected chi connectivity index (χ1v) is 12.3. The molecule has 2 heterocycles. The number of hydrogen-bond donors (Lipinski definition) is 1. The van der Waals surface area contributed by atoms with Gasteiger partial charge < -0.3 is 14.7 Å². The van der Waals surface area contributed by atoms with Crippen molar-refractivity contribution in [3.05, 3.63) is 53.1 Å². The normalized spacial score (nSPS) is 19.1. The van der Waals surface area contributed by atoms with E-state index in [0.29, 0.717) is 36.6 Å². The van der Waals surface area contributed by atoms with Gasteiger partial charge in [0, 0.05) is 36.1 Å². The molecule has 0 bridgehead atoms. The van der Waals surface area contributed by atoms with Crippen LogP contribution < -0.4 is 4.74 Å². The van der Waals surface area contributed by atoms with Crippen molar-refractivity contribution >= 4 is 17.4 Å². The van der Waals surface area contributed by atoms with Gasteiger partial charge in [-0.1, -0.05) is 18.2 Å². The van der Waals surface area contributed by atoms with Gasteiger partial charge in [-0.15, -0.1) is 0 Å². The van der Waals surface area contributed by atoms with Crippen LogP contribution in [0.15, 0.2) is 36.4 Å². The molecule has 174 valence electrons. The summed E-state index contributed by atoms with van der Waals surface area (Å²) >= 11 is 1.31. The summed E-state index contributed by atoms with van der Waals surface area (Å²) in [6, 6.07) is 13.9. The minimum atomic E-state index is -0.190. The van der Waals surface area contributed by atoms with E-state index >= 15 is 0 Å². The summed E-state index contributed by atoms with van der Waals surface area (Å²) in [5, 5.41) is 19.6. The van der Waals surface area contributed by atoms with Crippen molar-refractivity contribution in [2.24, 2.45) is 0 Å². The Labute approximate surface area is 202 Å². The first-order valence-electron chi connectivity index (χ1n) is 11.5. The van der Waals surface area contributed by atoms with Gasteiger partial charge in [0.25, 0.3) is 0 Å². The predicted molar refractivity (Wildman–Crippen MR) is 130 cm³/mol. The maximum atomic E-state index is 12.5. The van der Waals surface area contributed by atoms with Gasteiger partial charge in [-0.2, -0.15) is 9.64 Å². The Balaban J connectivity index is 1.46. The third kappa shape index (κ3) is 3.85. The molecule has 5 rings (SSSR count). The quantitative estimate of drug-likeness (QED) is 0.581. The first kappa shape index (κ1) is 22.5. The van der Waals surface area contributed by atoms with E-state index in [0.717, 1.165) is 29.0 Å². The minimum Gasteiger partial charge on any atom is -0.490 e. The molecule has 1 aliphatic heterocycles. The van der Waals surface area contributed by atoms with Crippen molar-refractivity contribution in [2.75, 3.05) is 19.7 Å². The lowest BCUT2D eigenvalue weighted by molar-refractivity contribution is -0.128. The summed E-state index contributed by atoms with van der Waals surface area (Å²) in [5.41, 5.74) is 4.54. The van der Waals surface area contributed by atoms with Crippen LogP contribution >= 0.6 is 11.5 Å². The third-order valence-electron chi connectivity index (χ3n) is 6.68. The summed E-state index contributed by atoms with van der Waals surface area (Å²) in [6.45, 7) is 4.89. The van der Waals surface area contributed by atoms with Crippen LogP contribution in [0, 0.1) is 11.3 Å². The number of carbonyl (C=O) groups excluding carboxylic acids is 1. The van der Waals surface area contributed by atoms with E-state index in [-0.39, 0.29) is 24.0 Å². The first-order chi connectivity index (χ1) is 16.4. The Morgan fingerprint density at radius 2 is 2.18 bits per heavy atom. The highest BCUT2D eigenvalue weighted by atomic mass is 32.1. The zero-order chi connectivity index (χ0) is 23.9. The fraction of sp³-hybridized carbons (Fsp3) is 0.385. The maximum absolute atomic E-state index is 12.5. The number of nitrogens with zero attached hydrogens (tertiary/aromatic N) is 4. The van der Waals surface area contributed by atoms with Gasteiger partial charge in [0.2, 0.25) is 5.91 Å². The SMILES string of the molecule is CC(C)Oc1ccc(-c2nc(-c3cccc4c3CC[C@]43CC(=O)N(CCO)C3)ns2)cc1C#N. The zero-order valence-electron chi connectivity index (χ0n) is 19.2. The smallest absolute Gasteiger partial charge is 0.223 e. The van der Waals surface area contributed by atoms with E-state index in [4.69, 9.17) is 9.72 Å². The molecule has 7 nitrogen and oxygen atoms in total. The van der Waals surface area contributed by atoms with Gasteiger partial charge in [-0.3, -0.25) is 4.79 Å². The second-order valence-corrected chi connectivity index (χ2v) is 9.99. The molecule has 1 spiro atoms. The molecule has 2 aromatic carbocycles. The topological polar surface area (TPSA) is 99.3 Å². The van der Waals surface area contributed by atoms with E-state index in [2.05, 4.69) is 16.5 Å². The van der Waals surface area contributed by atoms with Gasteiger partial charge in [-0.05, 0) is 67.5 Å². The molecule has 1 aliphatic carbocycles. The molecule has 1 amide bonds. The number of aromatic nitrogens is 2. The lowest BCUT2D eigenvalue weighted by Gasteiger charge is -2.24. The molecule has 8 heteroatoms. The molecule has 1 aromatic heterocycles. The van der Waals surface area contributed by atoms with Crippen LogP contribution in [0.5, 0.6) is 5.75 Å². The van der Waals surface area contributed by atoms with Crippen LogP contribution in [0.4, 0.5) is 0 Å². The number of carbonyl (C=O) groups is 1. The van der Waals surface area contributed by atoms with Gasteiger partial charge in [0.1, 0.15) is 16.8 Å². The van der Waals surface area contributed by atoms with Gasteiger partial charge >= 0.3 is 0 Å². The molecular weight excluding hydrogens is 448 g/mol. The molecule has 0 unspecified atom stereocenters. The van der Waals surface area contributed by atoms with Crippen LogP contribution in [0.1, 0.15) is 43.4 Å². The maximum Gasteiger partial charge on any atom is 0.223 e. The van der Waals surface area contributed by atoms with Crippen LogP contribution in [-0.2, 0) is 16.6 Å². The van der Waals surface area contributed by atoms with E-state index in [1.807, 2.05) is 38.1 Å². The van der Waals surface area contributed by atoms with Crippen molar-refractivity contribution in [3.63, 3.8) is 0 Å². The monoisotopic (exact) mass is 474 g/mol. The number of ether oxygens (including phenoxy) is 1. The number of aliphatic hydroxyl groups is 1. The molecule has 1 saturated heterocycles. The van der Waals surface area contributed by atoms with Gasteiger partial charge in [0.05, 0.1) is 18.3 Å². The Morgan fingerprint density at radius 3 is 2.94 bits per heavy atom. The molecule has 2 aliphatic rings. The second-order valence-electron chi connectivity index (χ2n) is 9.24. The number of aliphatic hydroxyl groups excluding tert-OH is 1. The fourth-order valence-electron chi connectivity index (χ4n) is 5.20. The van der Waals surface area contributed by atoms with Crippen LogP contribution in [0.25, 0.3) is 22.0 Å². The molecular formula is C26H26N4O3S. The van der Waals surface area contributed by atoms with Crippen molar-refractivity contribution < 1.29 is 14.6 Å². The van der Waals surface area contributed by atoms with Gasteiger partial charge in [0.15, 0.2) is 5.82 Å². The lowest BCUT2D eigenvalue weighted by atomic mass is 9.80. The van der Waals surface area contributed by atoms with Crippen molar-refractivity contribution in [3.8, 4) is 33.8 Å². The Morgan fingerprint density at radius 1 is 1.32 bits per heavy atom. The number of rotatable bonds is 6. The zero-order valence-corrected chi connectivity index (χ0v) is 20.1. The molecule has 3 aromatic rings. The minimum absolute atomic E-state index is 0.0135.